The van der Waals surface area contributed by atoms with Gasteiger partial charge in [0.25, 0.3) is 0 Å². The number of imidazole rings is 1. The maximum absolute atomic E-state index is 12.0. The minimum atomic E-state index is -0.326. The van der Waals surface area contributed by atoms with Crippen LogP contribution in [-0.2, 0) is 4.79 Å². The highest BCUT2D eigenvalue weighted by Crippen LogP contribution is 2.23. The molecule has 1 fully saturated rings. The Morgan fingerprint density at radius 2 is 2.17 bits per heavy atom. The van der Waals surface area contributed by atoms with Gasteiger partial charge in [-0.3, -0.25) is 4.79 Å². The van der Waals surface area contributed by atoms with Crippen molar-refractivity contribution in [3.05, 3.63) is 24.3 Å². The van der Waals surface area contributed by atoms with Crippen molar-refractivity contribution in [1.82, 2.24) is 15.3 Å². The fourth-order valence-corrected chi connectivity index (χ4v) is 3.02. The normalized spacial score (nSPS) is 19.1. The molecule has 2 heterocycles. The van der Waals surface area contributed by atoms with E-state index in [-0.39, 0.29) is 11.3 Å². The molecular formula is C18H26N4O. The molecule has 1 aliphatic heterocycles. The number of anilines is 1. The number of piperidine rings is 1. The number of rotatable bonds is 3. The fraction of sp³-hybridized carbons (Fsp3) is 0.556. The average Bonchev–Trinajstić information content (AvgIpc) is 2.96. The molecule has 5 heteroatoms. The van der Waals surface area contributed by atoms with Crippen LogP contribution in [0.4, 0.5) is 5.95 Å². The number of carbonyl (C=O) groups excluding carboxylic acids is 1. The molecule has 1 aliphatic rings. The summed E-state index contributed by atoms with van der Waals surface area (Å²) < 4.78 is 0. The zero-order chi connectivity index (χ0) is 16.4. The maximum atomic E-state index is 12.0. The third-order valence-electron chi connectivity index (χ3n) is 4.43. The second-order valence-corrected chi connectivity index (χ2v) is 7.49. The molecule has 2 aromatic rings. The summed E-state index contributed by atoms with van der Waals surface area (Å²) in [5, 5.41) is 3.09. The average molecular weight is 314 g/mol. The van der Waals surface area contributed by atoms with Crippen LogP contribution in [0.1, 0.15) is 33.6 Å². The Morgan fingerprint density at radius 3 is 2.91 bits per heavy atom. The number of nitrogens with one attached hydrogen (secondary N) is 2. The third-order valence-corrected chi connectivity index (χ3v) is 4.43. The summed E-state index contributed by atoms with van der Waals surface area (Å²) in [5.74, 6) is 1.54. The van der Waals surface area contributed by atoms with Gasteiger partial charge in [0.15, 0.2) is 0 Å². The molecule has 0 saturated carbocycles. The minimum Gasteiger partial charge on any atom is -0.355 e. The van der Waals surface area contributed by atoms with E-state index in [2.05, 4.69) is 26.3 Å². The Kier molecular flexibility index (Phi) is 4.28. The van der Waals surface area contributed by atoms with Gasteiger partial charge in [-0.25, -0.2) is 4.98 Å². The lowest BCUT2D eigenvalue weighted by atomic mass is 9.94. The van der Waals surface area contributed by atoms with Gasteiger partial charge in [-0.15, -0.1) is 0 Å². The van der Waals surface area contributed by atoms with Crippen LogP contribution in [0.2, 0.25) is 0 Å². The smallest absolute Gasteiger partial charge is 0.225 e. The highest BCUT2D eigenvalue weighted by Gasteiger charge is 2.25. The van der Waals surface area contributed by atoms with E-state index < -0.39 is 0 Å². The molecule has 5 nitrogen and oxygen atoms in total. The van der Waals surface area contributed by atoms with Crippen molar-refractivity contribution in [3.63, 3.8) is 0 Å². The van der Waals surface area contributed by atoms with Gasteiger partial charge in [0, 0.05) is 25.0 Å². The van der Waals surface area contributed by atoms with Crippen molar-refractivity contribution in [2.45, 2.75) is 33.6 Å². The molecule has 2 N–H and O–H groups in total. The minimum absolute atomic E-state index is 0.123. The molecule has 1 atom stereocenters. The van der Waals surface area contributed by atoms with E-state index in [0.29, 0.717) is 5.92 Å². The first-order chi connectivity index (χ1) is 10.9. The number of aromatic amines is 1. The summed E-state index contributed by atoms with van der Waals surface area (Å²) in [6.07, 6.45) is 2.29. The standard InChI is InChI=1S/C18H26N4O/c1-18(2,3)16(23)19-11-13-7-6-10-22(12-13)17-20-14-8-4-5-9-15(14)21-17/h4-5,8-9,13H,6-7,10-12H2,1-3H3,(H,19,23)(H,20,21). The molecule has 0 bridgehead atoms. The summed E-state index contributed by atoms with van der Waals surface area (Å²) in [6.45, 7) is 8.54. The van der Waals surface area contributed by atoms with E-state index in [9.17, 15) is 4.79 Å². The van der Waals surface area contributed by atoms with E-state index in [0.717, 1.165) is 49.5 Å². The lowest BCUT2D eigenvalue weighted by Gasteiger charge is -2.33. The Morgan fingerprint density at radius 1 is 1.39 bits per heavy atom. The summed E-state index contributed by atoms with van der Waals surface area (Å²) in [5.41, 5.74) is 1.75. The predicted molar refractivity (Wildman–Crippen MR) is 93.5 cm³/mol. The van der Waals surface area contributed by atoms with E-state index in [4.69, 9.17) is 0 Å². The van der Waals surface area contributed by atoms with Crippen LogP contribution in [0.3, 0.4) is 0 Å². The molecule has 0 radical (unpaired) electrons. The third kappa shape index (κ3) is 3.66. The summed E-state index contributed by atoms with van der Waals surface area (Å²) >= 11 is 0. The molecule has 1 aromatic carbocycles. The zero-order valence-electron chi connectivity index (χ0n) is 14.2. The summed E-state index contributed by atoms with van der Waals surface area (Å²) in [6, 6.07) is 8.11. The van der Waals surface area contributed by atoms with Gasteiger partial charge in [-0.1, -0.05) is 32.9 Å². The Bertz CT molecular complexity index is 653. The molecule has 0 spiro atoms. The van der Waals surface area contributed by atoms with Crippen LogP contribution in [-0.4, -0.2) is 35.5 Å². The van der Waals surface area contributed by atoms with Crippen molar-refractivity contribution in [3.8, 4) is 0 Å². The number of benzene rings is 1. The maximum Gasteiger partial charge on any atom is 0.225 e. The lowest BCUT2D eigenvalue weighted by molar-refractivity contribution is -0.128. The van der Waals surface area contributed by atoms with E-state index >= 15 is 0 Å². The molecular weight excluding hydrogens is 288 g/mol. The van der Waals surface area contributed by atoms with Crippen molar-refractivity contribution in [2.75, 3.05) is 24.5 Å². The van der Waals surface area contributed by atoms with Gasteiger partial charge in [-0.2, -0.15) is 0 Å². The number of para-hydroxylation sites is 2. The van der Waals surface area contributed by atoms with Crippen LogP contribution in [0.5, 0.6) is 0 Å². The molecule has 1 saturated heterocycles. The first kappa shape index (κ1) is 15.8. The zero-order valence-corrected chi connectivity index (χ0v) is 14.2. The largest absolute Gasteiger partial charge is 0.355 e. The lowest BCUT2D eigenvalue weighted by Crippen LogP contribution is -2.43. The molecule has 23 heavy (non-hydrogen) atoms. The second kappa shape index (κ2) is 6.22. The van der Waals surface area contributed by atoms with Crippen LogP contribution < -0.4 is 10.2 Å². The van der Waals surface area contributed by atoms with Gasteiger partial charge >= 0.3 is 0 Å². The first-order valence-electron chi connectivity index (χ1n) is 8.41. The summed E-state index contributed by atoms with van der Waals surface area (Å²) in [4.78, 5) is 22.4. The van der Waals surface area contributed by atoms with Gasteiger partial charge in [-0.05, 0) is 30.9 Å². The number of hydrogen-bond donors (Lipinski definition) is 2. The second-order valence-electron chi connectivity index (χ2n) is 7.49. The van der Waals surface area contributed by atoms with Crippen LogP contribution in [0, 0.1) is 11.3 Å². The Balaban J connectivity index is 1.63. The number of H-pyrrole nitrogens is 1. The number of carbonyl (C=O) groups is 1. The van der Waals surface area contributed by atoms with Crippen molar-refractivity contribution >= 4 is 22.9 Å². The molecule has 1 aromatic heterocycles. The van der Waals surface area contributed by atoms with E-state index in [1.807, 2.05) is 39.0 Å². The molecule has 124 valence electrons. The van der Waals surface area contributed by atoms with Gasteiger partial charge in [0.1, 0.15) is 0 Å². The van der Waals surface area contributed by atoms with Crippen molar-refractivity contribution in [1.29, 1.82) is 0 Å². The highest BCUT2D eigenvalue weighted by molar-refractivity contribution is 5.81. The molecule has 0 aliphatic carbocycles. The van der Waals surface area contributed by atoms with Crippen molar-refractivity contribution < 1.29 is 4.79 Å². The highest BCUT2D eigenvalue weighted by atomic mass is 16.2. The van der Waals surface area contributed by atoms with E-state index in [1.165, 1.54) is 0 Å². The van der Waals surface area contributed by atoms with E-state index in [1.54, 1.807) is 0 Å². The van der Waals surface area contributed by atoms with Crippen molar-refractivity contribution in [2.24, 2.45) is 11.3 Å². The predicted octanol–water partition coefficient (Wildman–Crippen LogP) is 2.94. The van der Waals surface area contributed by atoms with Crippen LogP contribution in [0.25, 0.3) is 11.0 Å². The summed E-state index contributed by atoms with van der Waals surface area (Å²) in [7, 11) is 0. The molecule has 1 amide bonds. The van der Waals surface area contributed by atoms with Gasteiger partial charge in [0.2, 0.25) is 11.9 Å². The number of aromatic nitrogens is 2. The van der Waals surface area contributed by atoms with Crippen LogP contribution in [0.15, 0.2) is 24.3 Å². The quantitative estimate of drug-likeness (QED) is 0.915. The Labute approximate surface area is 137 Å². The number of fused-ring (bicyclic) bond motifs is 1. The molecule has 1 unspecified atom stereocenters. The van der Waals surface area contributed by atoms with Crippen LogP contribution >= 0.6 is 0 Å². The number of amides is 1. The topological polar surface area (TPSA) is 61.0 Å². The number of hydrogen-bond acceptors (Lipinski definition) is 3. The van der Waals surface area contributed by atoms with Gasteiger partial charge < -0.3 is 15.2 Å². The number of nitrogens with zero attached hydrogens (tertiary/aromatic N) is 2. The fourth-order valence-electron chi connectivity index (χ4n) is 3.02. The SMILES string of the molecule is CC(C)(C)C(=O)NCC1CCCN(c2nc3ccccc3[nH]2)C1. The molecule has 3 rings (SSSR count). The monoisotopic (exact) mass is 314 g/mol. The first-order valence-corrected chi connectivity index (χ1v) is 8.41. The Hall–Kier alpha value is -2.04. The van der Waals surface area contributed by atoms with Gasteiger partial charge in [0.05, 0.1) is 11.0 Å².